The van der Waals surface area contributed by atoms with Gasteiger partial charge in [-0.1, -0.05) is 30.7 Å². The van der Waals surface area contributed by atoms with Gasteiger partial charge >= 0.3 is 0 Å². The maximum atomic E-state index is 6.22. The van der Waals surface area contributed by atoms with Crippen molar-refractivity contribution in [2.45, 2.75) is 26.9 Å². The third kappa shape index (κ3) is 3.34. The lowest BCUT2D eigenvalue weighted by molar-refractivity contribution is 0.644. The van der Waals surface area contributed by atoms with E-state index in [9.17, 15) is 0 Å². The second-order valence-corrected chi connectivity index (χ2v) is 4.79. The number of halogens is 1. The Kier molecular flexibility index (Phi) is 4.39. The zero-order valence-electron chi connectivity index (χ0n) is 10.8. The highest BCUT2D eigenvalue weighted by atomic mass is 35.5. The summed E-state index contributed by atoms with van der Waals surface area (Å²) < 4.78 is 1.92. The highest BCUT2D eigenvalue weighted by Gasteiger charge is 2.03. The van der Waals surface area contributed by atoms with E-state index in [0.717, 1.165) is 29.4 Å². The minimum absolute atomic E-state index is 0.714. The van der Waals surface area contributed by atoms with E-state index in [2.05, 4.69) is 29.5 Å². The minimum atomic E-state index is 0.714. The van der Waals surface area contributed by atoms with Crippen molar-refractivity contribution in [1.29, 1.82) is 0 Å². The van der Waals surface area contributed by atoms with Gasteiger partial charge in [0.2, 0.25) is 0 Å². The van der Waals surface area contributed by atoms with Crippen LogP contribution < -0.4 is 5.32 Å². The Hall–Kier alpha value is -1.32. The largest absolute Gasteiger partial charge is 0.311 e. The molecule has 2 aromatic rings. The Morgan fingerprint density at radius 3 is 2.89 bits per heavy atom. The predicted molar refractivity (Wildman–Crippen MR) is 74.9 cm³/mol. The molecule has 1 heterocycles. The summed E-state index contributed by atoms with van der Waals surface area (Å²) in [6.45, 7) is 6.61. The molecular formula is C14H18ClN3. The average Bonchev–Trinajstić information content (AvgIpc) is 2.78. The van der Waals surface area contributed by atoms with Crippen LogP contribution >= 0.6 is 11.6 Å². The van der Waals surface area contributed by atoms with Gasteiger partial charge in [0.15, 0.2) is 0 Å². The maximum Gasteiger partial charge on any atom is 0.0762 e. The number of hydrogen-bond acceptors (Lipinski definition) is 2. The molecule has 0 atom stereocenters. The third-order valence-electron chi connectivity index (χ3n) is 2.79. The lowest BCUT2D eigenvalue weighted by Gasteiger charge is -2.05. The van der Waals surface area contributed by atoms with Crippen molar-refractivity contribution in [3.63, 3.8) is 0 Å². The summed E-state index contributed by atoms with van der Waals surface area (Å²) in [5.74, 6) is 0. The first kappa shape index (κ1) is 13.1. The summed E-state index contributed by atoms with van der Waals surface area (Å²) in [6.07, 6.45) is 1.99. The van der Waals surface area contributed by atoms with Crippen molar-refractivity contribution in [1.82, 2.24) is 15.1 Å². The highest BCUT2D eigenvalue weighted by Crippen LogP contribution is 2.18. The first-order chi connectivity index (χ1) is 8.69. The second-order valence-electron chi connectivity index (χ2n) is 4.38. The molecule has 0 saturated heterocycles. The molecule has 18 heavy (non-hydrogen) atoms. The van der Waals surface area contributed by atoms with Crippen molar-refractivity contribution in [2.24, 2.45) is 0 Å². The molecule has 0 radical (unpaired) electrons. The Balaban J connectivity index is 2.06. The first-order valence-corrected chi connectivity index (χ1v) is 6.55. The zero-order chi connectivity index (χ0) is 13.0. The quantitative estimate of drug-likeness (QED) is 0.899. The summed E-state index contributed by atoms with van der Waals surface area (Å²) in [5, 5.41) is 8.57. The average molecular weight is 264 g/mol. The Labute approximate surface area is 113 Å². The molecule has 0 aliphatic rings. The van der Waals surface area contributed by atoms with Crippen molar-refractivity contribution < 1.29 is 0 Å². The maximum absolute atomic E-state index is 6.22. The van der Waals surface area contributed by atoms with Crippen molar-refractivity contribution in [2.75, 3.05) is 6.54 Å². The molecule has 0 spiro atoms. The van der Waals surface area contributed by atoms with E-state index < -0.39 is 0 Å². The molecule has 1 N–H and O–H groups in total. The number of nitrogens with one attached hydrogen (secondary N) is 1. The Bertz CT molecular complexity index is 520. The smallest absolute Gasteiger partial charge is 0.0762 e. The van der Waals surface area contributed by atoms with Crippen molar-refractivity contribution in [3.05, 3.63) is 52.3 Å². The van der Waals surface area contributed by atoms with Gasteiger partial charge in [0.05, 0.1) is 12.2 Å². The normalized spacial score (nSPS) is 10.8. The van der Waals surface area contributed by atoms with Crippen LogP contribution in [0.5, 0.6) is 0 Å². The fraction of sp³-hybridized carbons (Fsp3) is 0.357. The summed E-state index contributed by atoms with van der Waals surface area (Å²) in [4.78, 5) is 0. The molecule has 0 fully saturated rings. The van der Waals surface area contributed by atoms with Gasteiger partial charge in [-0.2, -0.15) is 5.10 Å². The molecule has 96 valence electrons. The molecule has 0 bridgehead atoms. The SMILES string of the molecule is CCNCc1ccn(Cc2ccc(C)cc2Cl)n1. The van der Waals surface area contributed by atoms with Crippen LogP contribution in [0.1, 0.15) is 23.7 Å². The monoisotopic (exact) mass is 263 g/mol. The molecule has 0 unspecified atom stereocenters. The van der Waals surface area contributed by atoms with Crippen molar-refractivity contribution >= 4 is 11.6 Å². The summed E-state index contributed by atoms with van der Waals surface area (Å²) in [7, 11) is 0. The molecule has 4 heteroatoms. The fourth-order valence-electron chi connectivity index (χ4n) is 1.79. The van der Waals surface area contributed by atoms with Gasteiger partial charge in [-0.25, -0.2) is 0 Å². The van der Waals surface area contributed by atoms with Crippen molar-refractivity contribution in [3.8, 4) is 0 Å². The van der Waals surface area contributed by atoms with E-state index in [1.54, 1.807) is 0 Å². The number of benzene rings is 1. The van der Waals surface area contributed by atoms with Gasteiger partial charge in [-0.05, 0) is 36.7 Å². The first-order valence-electron chi connectivity index (χ1n) is 6.17. The van der Waals surface area contributed by atoms with E-state index in [1.165, 1.54) is 5.56 Å². The summed E-state index contributed by atoms with van der Waals surface area (Å²) >= 11 is 6.22. The van der Waals surface area contributed by atoms with Gasteiger partial charge in [-0.3, -0.25) is 4.68 Å². The van der Waals surface area contributed by atoms with Gasteiger partial charge < -0.3 is 5.32 Å². The standard InChI is InChI=1S/C14H18ClN3/c1-3-16-9-13-6-7-18(17-13)10-12-5-4-11(2)8-14(12)15/h4-8,16H,3,9-10H2,1-2H3. The molecular weight excluding hydrogens is 246 g/mol. The summed E-state index contributed by atoms with van der Waals surface area (Å²) in [5.41, 5.74) is 3.33. The lowest BCUT2D eigenvalue weighted by Crippen LogP contribution is -2.12. The summed E-state index contributed by atoms with van der Waals surface area (Å²) in [6, 6.07) is 8.15. The predicted octanol–water partition coefficient (Wildman–Crippen LogP) is 3.00. The Morgan fingerprint density at radius 1 is 1.33 bits per heavy atom. The van der Waals surface area contributed by atoms with Gasteiger partial charge in [0.25, 0.3) is 0 Å². The minimum Gasteiger partial charge on any atom is -0.311 e. The van der Waals surface area contributed by atoms with E-state index in [1.807, 2.05) is 29.9 Å². The van der Waals surface area contributed by atoms with Gasteiger partial charge in [0, 0.05) is 17.8 Å². The molecule has 0 aliphatic heterocycles. The molecule has 0 aliphatic carbocycles. The topological polar surface area (TPSA) is 29.9 Å². The molecule has 0 saturated carbocycles. The van der Waals surface area contributed by atoms with Crippen LogP contribution in [-0.4, -0.2) is 16.3 Å². The highest BCUT2D eigenvalue weighted by molar-refractivity contribution is 6.31. The fourth-order valence-corrected chi connectivity index (χ4v) is 2.09. The van der Waals surface area contributed by atoms with Crippen LogP contribution in [0, 0.1) is 6.92 Å². The number of aryl methyl sites for hydroxylation is 1. The molecule has 2 rings (SSSR count). The lowest BCUT2D eigenvalue weighted by atomic mass is 10.1. The van der Waals surface area contributed by atoms with E-state index in [0.29, 0.717) is 6.54 Å². The number of nitrogens with zero attached hydrogens (tertiary/aromatic N) is 2. The molecule has 1 aromatic heterocycles. The van der Waals surface area contributed by atoms with Crippen LogP contribution in [0.25, 0.3) is 0 Å². The van der Waals surface area contributed by atoms with Crippen LogP contribution in [-0.2, 0) is 13.1 Å². The van der Waals surface area contributed by atoms with Gasteiger partial charge in [0.1, 0.15) is 0 Å². The van der Waals surface area contributed by atoms with Crippen LogP contribution in [0.2, 0.25) is 5.02 Å². The molecule has 0 amide bonds. The second kappa shape index (κ2) is 6.03. The van der Waals surface area contributed by atoms with Crippen LogP contribution in [0.4, 0.5) is 0 Å². The number of aromatic nitrogens is 2. The van der Waals surface area contributed by atoms with E-state index in [4.69, 9.17) is 11.6 Å². The molecule has 1 aromatic carbocycles. The zero-order valence-corrected chi connectivity index (χ0v) is 11.5. The van der Waals surface area contributed by atoms with E-state index in [-0.39, 0.29) is 0 Å². The van der Waals surface area contributed by atoms with Gasteiger partial charge in [-0.15, -0.1) is 0 Å². The number of hydrogen-bond donors (Lipinski definition) is 1. The third-order valence-corrected chi connectivity index (χ3v) is 3.14. The van der Waals surface area contributed by atoms with Crippen LogP contribution in [0.3, 0.4) is 0 Å². The van der Waals surface area contributed by atoms with E-state index >= 15 is 0 Å². The molecule has 3 nitrogen and oxygen atoms in total. The van der Waals surface area contributed by atoms with Crippen LogP contribution in [0.15, 0.2) is 30.5 Å². The number of rotatable bonds is 5. The Morgan fingerprint density at radius 2 is 2.17 bits per heavy atom.